The molecule has 2 aromatic carbocycles. The van der Waals surface area contributed by atoms with Gasteiger partial charge in [0.2, 0.25) is 0 Å². The number of aryl methyl sites for hydroxylation is 1. The van der Waals surface area contributed by atoms with E-state index in [9.17, 15) is 15.4 Å². The van der Waals surface area contributed by atoms with Crippen molar-refractivity contribution in [3.05, 3.63) is 63.2 Å². The monoisotopic (exact) mass is 296 g/mol. The van der Waals surface area contributed by atoms with Gasteiger partial charge in [0.25, 0.3) is 5.69 Å². The van der Waals surface area contributed by atoms with Gasteiger partial charge in [0.15, 0.2) is 0 Å². The van der Waals surface area contributed by atoms with Crippen LogP contribution in [0.5, 0.6) is 11.5 Å². The zero-order chi connectivity index (χ0) is 16.3. The molecule has 0 atom stereocenters. The number of benzene rings is 2. The summed E-state index contributed by atoms with van der Waals surface area (Å²) >= 11 is 0. The maximum absolute atomic E-state index is 10.8. The number of non-ortho nitro benzene ring substituents is 1. The molecule has 0 amide bonds. The van der Waals surface area contributed by atoms with Gasteiger partial charge in [-0.05, 0) is 36.1 Å². The lowest BCUT2D eigenvalue weighted by Gasteiger charge is -2.15. The maximum atomic E-state index is 10.8. The van der Waals surface area contributed by atoms with E-state index in [2.05, 4.69) is 13.8 Å². The van der Waals surface area contributed by atoms with E-state index in [-0.39, 0.29) is 17.2 Å². The van der Waals surface area contributed by atoms with Gasteiger partial charge in [-0.2, -0.15) is 5.26 Å². The Morgan fingerprint density at radius 2 is 1.91 bits per heavy atom. The molecule has 0 saturated heterocycles. The summed E-state index contributed by atoms with van der Waals surface area (Å²) in [6.07, 6.45) is 0. The van der Waals surface area contributed by atoms with Crippen LogP contribution in [0.2, 0.25) is 0 Å². The second-order valence-electron chi connectivity index (χ2n) is 5.35. The second-order valence-corrected chi connectivity index (χ2v) is 5.35. The van der Waals surface area contributed by atoms with Crippen LogP contribution < -0.4 is 4.74 Å². The summed E-state index contributed by atoms with van der Waals surface area (Å²) in [6, 6.07) is 11.9. The standard InChI is InChI=1S/C17H16N2O3/c1-11(2)15-6-4-12(3)8-17(15)22-16-7-5-14(19(20)21)9-13(16)10-18/h4-9,11H,1-3H3. The number of ether oxygens (including phenoxy) is 1. The van der Waals surface area contributed by atoms with Gasteiger partial charge in [0, 0.05) is 12.1 Å². The number of rotatable bonds is 4. The van der Waals surface area contributed by atoms with Gasteiger partial charge in [-0.15, -0.1) is 0 Å². The molecule has 2 rings (SSSR count). The van der Waals surface area contributed by atoms with Crippen molar-refractivity contribution in [2.45, 2.75) is 26.7 Å². The molecule has 0 aromatic heterocycles. The predicted octanol–water partition coefficient (Wildman–Crippen LogP) is 4.69. The number of nitro benzene ring substituents is 1. The van der Waals surface area contributed by atoms with Crippen LogP contribution in [-0.2, 0) is 0 Å². The molecule has 112 valence electrons. The maximum Gasteiger partial charge on any atom is 0.271 e. The third-order valence-electron chi connectivity index (χ3n) is 3.31. The Bertz CT molecular complexity index is 761. The summed E-state index contributed by atoms with van der Waals surface area (Å²) in [4.78, 5) is 10.3. The van der Waals surface area contributed by atoms with E-state index in [0.29, 0.717) is 11.5 Å². The van der Waals surface area contributed by atoms with E-state index in [0.717, 1.165) is 11.1 Å². The molecule has 0 aliphatic carbocycles. The first-order valence-electron chi connectivity index (χ1n) is 6.89. The van der Waals surface area contributed by atoms with Crippen LogP contribution in [0.3, 0.4) is 0 Å². The van der Waals surface area contributed by atoms with Crippen molar-refractivity contribution in [1.29, 1.82) is 5.26 Å². The molecule has 5 heteroatoms. The topological polar surface area (TPSA) is 76.2 Å². The third-order valence-corrected chi connectivity index (χ3v) is 3.31. The fraction of sp³-hybridized carbons (Fsp3) is 0.235. The largest absolute Gasteiger partial charge is 0.456 e. The number of hydrogen-bond acceptors (Lipinski definition) is 4. The Labute approximate surface area is 128 Å². The van der Waals surface area contributed by atoms with Crippen molar-refractivity contribution in [2.75, 3.05) is 0 Å². The molecule has 0 heterocycles. The molecule has 0 radical (unpaired) electrons. The first-order valence-corrected chi connectivity index (χ1v) is 6.89. The summed E-state index contributed by atoms with van der Waals surface area (Å²) in [6.45, 7) is 6.06. The minimum Gasteiger partial charge on any atom is -0.456 e. The molecule has 0 unspecified atom stereocenters. The lowest BCUT2D eigenvalue weighted by atomic mass is 10.0. The van der Waals surface area contributed by atoms with E-state index >= 15 is 0 Å². The molecule has 2 aromatic rings. The molecular formula is C17H16N2O3. The lowest BCUT2D eigenvalue weighted by Crippen LogP contribution is -1.97. The molecule has 0 aliphatic heterocycles. The van der Waals surface area contributed by atoms with E-state index < -0.39 is 4.92 Å². The first kappa shape index (κ1) is 15.5. The number of hydrogen-bond donors (Lipinski definition) is 0. The van der Waals surface area contributed by atoms with Crippen molar-refractivity contribution in [2.24, 2.45) is 0 Å². The van der Waals surface area contributed by atoms with Gasteiger partial charge in [-0.25, -0.2) is 0 Å². The van der Waals surface area contributed by atoms with E-state index in [4.69, 9.17) is 4.74 Å². The zero-order valence-electron chi connectivity index (χ0n) is 12.7. The molecular weight excluding hydrogens is 280 g/mol. The fourth-order valence-corrected chi connectivity index (χ4v) is 2.13. The summed E-state index contributed by atoms with van der Waals surface area (Å²) in [5.41, 5.74) is 2.08. The molecule has 22 heavy (non-hydrogen) atoms. The van der Waals surface area contributed by atoms with Crippen molar-refractivity contribution in [1.82, 2.24) is 0 Å². The Morgan fingerprint density at radius 3 is 2.50 bits per heavy atom. The predicted molar refractivity (Wildman–Crippen MR) is 83.2 cm³/mol. The van der Waals surface area contributed by atoms with Gasteiger partial charge < -0.3 is 4.74 Å². The number of nitro groups is 1. The van der Waals surface area contributed by atoms with Crippen molar-refractivity contribution < 1.29 is 9.66 Å². The highest BCUT2D eigenvalue weighted by atomic mass is 16.6. The lowest BCUT2D eigenvalue weighted by molar-refractivity contribution is -0.384. The summed E-state index contributed by atoms with van der Waals surface area (Å²) in [5, 5.41) is 20.0. The Balaban J connectivity index is 2.45. The Hall–Kier alpha value is -2.87. The second kappa shape index (κ2) is 6.27. The summed E-state index contributed by atoms with van der Waals surface area (Å²) < 4.78 is 5.86. The SMILES string of the molecule is Cc1ccc(C(C)C)c(Oc2ccc([N+](=O)[O-])cc2C#N)c1. The zero-order valence-corrected chi connectivity index (χ0v) is 12.7. The summed E-state index contributed by atoms with van der Waals surface area (Å²) in [5.74, 6) is 1.25. The minimum absolute atomic E-state index is 0.128. The van der Waals surface area contributed by atoms with Crippen LogP contribution in [0.25, 0.3) is 0 Å². The van der Waals surface area contributed by atoms with Gasteiger partial charge >= 0.3 is 0 Å². The average Bonchev–Trinajstić information content (AvgIpc) is 2.47. The minimum atomic E-state index is -0.531. The van der Waals surface area contributed by atoms with Crippen LogP contribution in [-0.4, -0.2) is 4.92 Å². The van der Waals surface area contributed by atoms with Crippen LogP contribution in [0.1, 0.15) is 36.5 Å². The van der Waals surface area contributed by atoms with Crippen LogP contribution in [0, 0.1) is 28.4 Å². The first-order chi connectivity index (χ1) is 10.4. The molecule has 0 aliphatic rings. The molecule has 0 fully saturated rings. The van der Waals surface area contributed by atoms with Crippen molar-refractivity contribution in [3.8, 4) is 17.6 Å². The quantitative estimate of drug-likeness (QED) is 0.605. The Kier molecular flexibility index (Phi) is 4.42. The summed E-state index contributed by atoms with van der Waals surface area (Å²) in [7, 11) is 0. The molecule has 0 N–H and O–H groups in total. The van der Waals surface area contributed by atoms with Gasteiger partial charge in [-0.1, -0.05) is 26.0 Å². The van der Waals surface area contributed by atoms with Crippen molar-refractivity contribution >= 4 is 5.69 Å². The van der Waals surface area contributed by atoms with E-state index in [1.807, 2.05) is 31.2 Å². The molecule has 0 saturated carbocycles. The molecule has 0 spiro atoms. The molecule has 0 bridgehead atoms. The highest BCUT2D eigenvalue weighted by Gasteiger charge is 2.15. The highest BCUT2D eigenvalue weighted by Crippen LogP contribution is 2.34. The van der Waals surface area contributed by atoms with Crippen LogP contribution >= 0.6 is 0 Å². The average molecular weight is 296 g/mol. The molecule has 5 nitrogen and oxygen atoms in total. The third kappa shape index (κ3) is 3.23. The number of nitriles is 1. The number of nitrogens with zero attached hydrogens (tertiary/aromatic N) is 2. The van der Waals surface area contributed by atoms with Gasteiger partial charge in [-0.3, -0.25) is 10.1 Å². The Morgan fingerprint density at radius 1 is 1.18 bits per heavy atom. The van der Waals surface area contributed by atoms with E-state index in [1.54, 1.807) is 0 Å². The van der Waals surface area contributed by atoms with E-state index in [1.165, 1.54) is 18.2 Å². The highest BCUT2D eigenvalue weighted by molar-refractivity contribution is 5.52. The van der Waals surface area contributed by atoms with Crippen molar-refractivity contribution in [3.63, 3.8) is 0 Å². The van der Waals surface area contributed by atoms with Gasteiger partial charge in [0.1, 0.15) is 23.1 Å². The van der Waals surface area contributed by atoms with Crippen LogP contribution in [0.4, 0.5) is 5.69 Å². The van der Waals surface area contributed by atoms with Crippen LogP contribution in [0.15, 0.2) is 36.4 Å². The van der Waals surface area contributed by atoms with Gasteiger partial charge in [0.05, 0.1) is 4.92 Å². The normalized spacial score (nSPS) is 10.3. The smallest absolute Gasteiger partial charge is 0.271 e. The fourth-order valence-electron chi connectivity index (χ4n) is 2.13.